The molecule has 1 atom stereocenters. The lowest BCUT2D eigenvalue weighted by Gasteiger charge is -2.13. The lowest BCUT2D eigenvalue weighted by molar-refractivity contribution is -0.119. The number of hydrogen-bond acceptors (Lipinski definition) is 5. The molecule has 2 aromatic heterocycles. The molecular weight excluding hydrogens is 346 g/mol. The third-order valence-electron chi connectivity index (χ3n) is 4.56. The third kappa shape index (κ3) is 3.35. The number of benzene rings is 1. The summed E-state index contributed by atoms with van der Waals surface area (Å²) in [6, 6.07) is 5.39. The zero-order valence-corrected chi connectivity index (χ0v) is 14.4. The number of aromatic amines is 1. The van der Waals surface area contributed by atoms with Crippen LogP contribution in [0.15, 0.2) is 35.4 Å². The van der Waals surface area contributed by atoms with E-state index >= 15 is 0 Å². The first kappa shape index (κ1) is 17.1. The maximum absolute atomic E-state index is 12.2. The van der Waals surface area contributed by atoms with Gasteiger partial charge in [0.05, 0.1) is 6.04 Å². The van der Waals surface area contributed by atoms with Gasteiger partial charge in [-0.05, 0) is 30.0 Å². The van der Waals surface area contributed by atoms with E-state index in [2.05, 4.69) is 27.1 Å². The summed E-state index contributed by atoms with van der Waals surface area (Å²) in [5.74, 6) is 5.93. The number of rotatable bonds is 3. The Bertz CT molecular complexity index is 1160. The molecular formula is C20H17N3O4. The number of hydrogen-bond donors (Lipinski definition) is 3. The molecule has 7 nitrogen and oxygen atoms in total. The highest BCUT2D eigenvalue weighted by Gasteiger charge is 2.21. The maximum atomic E-state index is 12.2. The van der Waals surface area contributed by atoms with Crippen LogP contribution in [-0.2, 0) is 4.79 Å². The van der Waals surface area contributed by atoms with E-state index in [9.17, 15) is 9.59 Å². The average Bonchev–Trinajstić information content (AvgIpc) is 3.10. The number of aliphatic hydroxyl groups is 1. The van der Waals surface area contributed by atoms with Gasteiger partial charge in [0, 0.05) is 40.5 Å². The van der Waals surface area contributed by atoms with Crippen LogP contribution in [0, 0.1) is 11.8 Å². The molecule has 1 aromatic carbocycles. The highest BCUT2D eigenvalue weighted by atomic mass is 16.5. The van der Waals surface area contributed by atoms with Crippen LogP contribution in [0.2, 0.25) is 0 Å². The number of carbonyl (C=O) groups excluding carboxylic acids is 1. The molecule has 0 aliphatic carbocycles. The van der Waals surface area contributed by atoms with Gasteiger partial charge in [-0.15, -0.1) is 0 Å². The van der Waals surface area contributed by atoms with E-state index in [0.717, 1.165) is 17.2 Å². The molecule has 1 aliphatic heterocycles. The number of aliphatic hydroxyl groups excluding tert-OH is 1. The highest BCUT2D eigenvalue weighted by Crippen LogP contribution is 2.28. The quantitative estimate of drug-likeness (QED) is 0.477. The van der Waals surface area contributed by atoms with E-state index in [1.807, 2.05) is 12.1 Å². The summed E-state index contributed by atoms with van der Waals surface area (Å²) >= 11 is 0. The van der Waals surface area contributed by atoms with E-state index in [1.54, 1.807) is 12.3 Å². The van der Waals surface area contributed by atoms with E-state index < -0.39 is 0 Å². The van der Waals surface area contributed by atoms with Crippen molar-refractivity contribution in [2.24, 2.45) is 0 Å². The fourth-order valence-corrected chi connectivity index (χ4v) is 3.23. The third-order valence-corrected chi connectivity index (χ3v) is 4.56. The number of nitrogens with one attached hydrogen (secondary N) is 2. The predicted molar refractivity (Wildman–Crippen MR) is 100 cm³/mol. The van der Waals surface area contributed by atoms with Gasteiger partial charge in [0.2, 0.25) is 11.8 Å². The van der Waals surface area contributed by atoms with Crippen LogP contribution in [0.3, 0.4) is 0 Å². The van der Waals surface area contributed by atoms with Gasteiger partial charge in [-0.25, -0.2) is 4.98 Å². The molecule has 7 heteroatoms. The summed E-state index contributed by atoms with van der Waals surface area (Å²) in [6.07, 6.45) is 4.41. The van der Waals surface area contributed by atoms with Crippen molar-refractivity contribution >= 4 is 27.5 Å². The van der Waals surface area contributed by atoms with E-state index in [-0.39, 0.29) is 24.1 Å². The monoisotopic (exact) mass is 363 g/mol. The van der Waals surface area contributed by atoms with Gasteiger partial charge in [0.25, 0.3) is 5.56 Å². The van der Waals surface area contributed by atoms with E-state index in [0.29, 0.717) is 35.2 Å². The van der Waals surface area contributed by atoms with Crippen LogP contribution < -0.4 is 15.6 Å². The first-order valence-electron chi connectivity index (χ1n) is 8.62. The fourth-order valence-electron chi connectivity index (χ4n) is 3.23. The van der Waals surface area contributed by atoms with Gasteiger partial charge < -0.3 is 20.1 Å². The second-order valence-electron chi connectivity index (χ2n) is 6.34. The number of aromatic nitrogens is 2. The zero-order valence-electron chi connectivity index (χ0n) is 14.4. The Morgan fingerprint density at radius 2 is 2.15 bits per heavy atom. The summed E-state index contributed by atoms with van der Waals surface area (Å²) in [4.78, 5) is 30.5. The first-order chi connectivity index (χ1) is 13.2. The number of pyridine rings is 2. The van der Waals surface area contributed by atoms with Gasteiger partial charge in [0.1, 0.15) is 13.2 Å². The molecule has 0 bridgehead atoms. The number of fused-ring (bicyclic) bond motifs is 2. The summed E-state index contributed by atoms with van der Waals surface area (Å²) in [7, 11) is 0. The molecule has 0 radical (unpaired) electrons. The van der Waals surface area contributed by atoms with Gasteiger partial charge in [-0.2, -0.15) is 0 Å². The highest BCUT2D eigenvalue weighted by molar-refractivity contribution is 6.01. The molecule has 1 aliphatic rings. The second-order valence-corrected chi connectivity index (χ2v) is 6.34. The normalized spacial score (nSPS) is 16.2. The Balaban J connectivity index is 1.79. The Morgan fingerprint density at radius 1 is 1.26 bits per heavy atom. The molecule has 0 spiro atoms. The molecule has 27 heavy (non-hydrogen) atoms. The van der Waals surface area contributed by atoms with Gasteiger partial charge >= 0.3 is 0 Å². The number of ether oxygens (including phenoxy) is 1. The molecule has 1 saturated heterocycles. The maximum Gasteiger partial charge on any atom is 0.255 e. The van der Waals surface area contributed by atoms with Gasteiger partial charge in [-0.1, -0.05) is 11.8 Å². The van der Waals surface area contributed by atoms with E-state index in [4.69, 9.17) is 9.84 Å². The molecule has 3 heterocycles. The number of amides is 1. The lowest BCUT2D eigenvalue weighted by Crippen LogP contribution is -2.31. The van der Waals surface area contributed by atoms with Crippen molar-refractivity contribution in [3.8, 4) is 17.7 Å². The summed E-state index contributed by atoms with van der Waals surface area (Å²) in [5.41, 5.74) is 0.396. The number of nitrogens with zero attached hydrogens (tertiary/aromatic N) is 1. The van der Waals surface area contributed by atoms with Crippen LogP contribution in [0.25, 0.3) is 21.5 Å². The molecule has 1 amide bonds. The average molecular weight is 363 g/mol. The Morgan fingerprint density at radius 3 is 2.93 bits per heavy atom. The van der Waals surface area contributed by atoms with Crippen LogP contribution >= 0.6 is 0 Å². The van der Waals surface area contributed by atoms with Crippen LogP contribution in [0.5, 0.6) is 5.88 Å². The summed E-state index contributed by atoms with van der Waals surface area (Å²) in [6.45, 7) is 0.0691. The van der Waals surface area contributed by atoms with Crippen molar-refractivity contribution in [1.82, 2.24) is 15.3 Å². The lowest BCUT2D eigenvalue weighted by atomic mass is 10.0. The molecule has 1 fully saturated rings. The van der Waals surface area contributed by atoms with Crippen molar-refractivity contribution in [1.29, 1.82) is 0 Å². The molecule has 136 valence electrons. The zero-order chi connectivity index (χ0) is 18.8. The molecule has 3 aromatic rings. The minimum atomic E-state index is -0.267. The summed E-state index contributed by atoms with van der Waals surface area (Å²) in [5, 5.41) is 14.6. The predicted octanol–water partition coefficient (Wildman–Crippen LogP) is 1.08. The molecule has 3 N–H and O–H groups in total. The molecule has 4 rings (SSSR count). The van der Waals surface area contributed by atoms with Crippen LogP contribution in [0.4, 0.5) is 0 Å². The Hall–Kier alpha value is -3.37. The van der Waals surface area contributed by atoms with Crippen molar-refractivity contribution in [2.75, 3.05) is 13.2 Å². The Kier molecular flexibility index (Phi) is 4.48. The minimum absolute atomic E-state index is 0.0242. The smallest absolute Gasteiger partial charge is 0.255 e. The first-order valence-corrected chi connectivity index (χ1v) is 8.62. The number of carbonyl (C=O) groups is 1. The van der Waals surface area contributed by atoms with Gasteiger partial charge in [-0.3, -0.25) is 9.59 Å². The van der Waals surface area contributed by atoms with Crippen molar-refractivity contribution in [3.63, 3.8) is 0 Å². The topological polar surface area (TPSA) is 104 Å². The molecule has 1 unspecified atom stereocenters. The minimum Gasteiger partial charge on any atom is -0.475 e. The molecule has 0 saturated carbocycles. The van der Waals surface area contributed by atoms with Crippen molar-refractivity contribution in [3.05, 3.63) is 46.5 Å². The SMILES string of the molecule is O=C1CCC(COc2nccc3cc4c(=O)[nH]cc(C#CCO)c4cc23)N1. The number of H-pyrrole nitrogens is 1. The second kappa shape index (κ2) is 7.09. The fraction of sp³-hybridized carbons (Fsp3) is 0.250. The van der Waals surface area contributed by atoms with Crippen LogP contribution in [0.1, 0.15) is 18.4 Å². The van der Waals surface area contributed by atoms with Crippen molar-refractivity contribution in [2.45, 2.75) is 18.9 Å². The summed E-state index contributed by atoms with van der Waals surface area (Å²) < 4.78 is 5.86. The van der Waals surface area contributed by atoms with E-state index in [1.165, 1.54) is 6.20 Å². The standard InChI is InChI=1S/C20H17N3O4/c24-7-1-2-13-10-22-19(26)17-8-12-5-6-21-20(16(12)9-15(13)17)27-11-14-3-4-18(25)23-14/h5-6,8-10,14,24H,3-4,7,11H2,(H,22,26)(H,23,25). The van der Waals surface area contributed by atoms with Crippen molar-refractivity contribution < 1.29 is 14.6 Å². The largest absolute Gasteiger partial charge is 0.475 e. The Labute approximate surface area is 154 Å². The van der Waals surface area contributed by atoms with Gasteiger partial charge in [0.15, 0.2) is 0 Å². The van der Waals surface area contributed by atoms with Crippen LogP contribution in [-0.4, -0.2) is 40.2 Å².